The SMILES string of the molecule is CCOC(=O)c1[nH]c2ccc(F)cc2c1NC(=O)[C@H](C)[NH+]1CCN(c2ccccc2F)CC1. The van der Waals surface area contributed by atoms with Gasteiger partial charge in [0.05, 0.1) is 44.2 Å². The van der Waals surface area contributed by atoms with E-state index in [9.17, 15) is 18.4 Å². The summed E-state index contributed by atoms with van der Waals surface area (Å²) in [4.78, 5) is 31.5. The number of anilines is 2. The monoisotopic (exact) mass is 457 g/mol. The molecular formula is C24H27F2N4O3+. The van der Waals surface area contributed by atoms with Crippen LogP contribution in [0.2, 0.25) is 0 Å². The molecule has 4 rings (SSSR count). The number of carbonyl (C=O) groups is 2. The van der Waals surface area contributed by atoms with Crippen molar-refractivity contribution in [3.05, 3.63) is 59.8 Å². The molecule has 1 aliphatic rings. The summed E-state index contributed by atoms with van der Waals surface area (Å²) in [6.07, 6.45) is 0. The van der Waals surface area contributed by atoms with Crippen LogP contribution in [0, 0.1) is 11.6 Å². The van der Waals surface area contributed by atoms with Crippen molar-refractivity contribution >= 4 is 34.2 Å². The van der Waals surface area contributed by atoms with Crippen LogP contribution < -0.4 is 15.1 Å². The van der Waals surface area contributed by atoms with E-state index in [0.29, 0.717) is 42.8 Å². The lowest BCUT2D eigenvalue weighted by atomic mass is 10.1. The average Bonchev–Trinajstić information content (AvgIpc) is 3.16. The van der Waals surface area contributed by atoms with Gasteiger partial charge in [-0.2, -0.15) is 0 Å². The normalized spacial score (nSPS) is 15.5. The smallest absolute Gasteiger partial charge is 0.356 e. The van der Waals surface area contributed by atoms with Crippen LogP contribution in [-0.2, 0) is 9.53 Å². The molecule has 1 aromatic heterocycles. The number of quaternary nitrogens is 1. The Bertz CT molecular complexity index is 1170. The molecule has 0 radical (unpaired) electrons. The summed E-state index contributed by atoms with van der Waals surface area (Å²) in [5, 5.41) is 3.22. The summed E-state index contributed by atoms with van der Waals surface area (Å²) >= 11 is 0. The predicted octanol–water partition coefficient (Wildman–Crippen LogP) is 2.35. The van der Waals surface area contributed by atoms with Gasteiger partial charge in [0, 0.05) is 10.9 Å². The highest BCUT2D eigenvalue weighted by Crippen LogP contribution is 2.29. The molecule has 0 bridgehead atoms. The van der Waals surface area contributed by atoms with Gasteiger partial charge < -0.3 is 24.8 Å². The number of aromatic nitrogens is 1. The standard InChI is InChI=1S/C24H26F2N4O3/c1-3-33-24(32)22-21(17-14-16(25)8-9-19(17)27-22)28-23(31)15(2)29-10-12-30(13-11-29)20-7-5-4-6-18(20)26/h4-9,14-15,27H,3,10-13H2,1-2H3,(H,28,31)/p+1/t15-/m0/s1. The Labute approximate surface area is 190 Å². The van der Waals surface area contributed by atoms with Gasteiger partial charge in [0.1, 0.15) is 17.3 Å². The van der Waals surface area contributed by atoms with Crippen LogP contribution in [0.5, 0.6) is 0 Å². The molecule has 2 heterocycles. The molecule has 3 N–H and O–H groups in total. The van der Waals surface area contributed by atoms with Gasteiger partial charge in [0.15, 0.2) is 6.04 Å². The maximum absolute atomic E-state index is 14.1. The van der Waals surface area contributed by atoms with Crippen molar-refractivity contribution in [2.75, 3.05) is 43.0 Å². The number of para-hydroxylation sites is 1. The van der Waals surface area contributed by atoms with Gasteiger partial charge >= 0.3 is 5.97 Å². The summed E-state index contributed by atoms with van der Waals surface area (Å²) in [6.45, 7) is 6.18. The van der Waals surface area contributed by atoms with Crippen LogP contribution in [0.25, 0.3) is 10.9 Å². The molecule has 1 amide bonds. The van der Waals surface area contributed by atoms with E-state index < -0.39 is 17.8 Å². The summed E-state index contributed by atoms with van der Waals surface area (Å²) in [7, 11) is 0. The molecule has 0 spiro atoms. The Morgan fingerprint density at radius 3 is 2.61 bits per heavy atom. The number of aromatic amines is 1. The van der Waals surface area contributed by atoms with E-state index in [-0.39, 0.29) is 29.7 Å². The molecule has 2 aromatic carbocycles. The first kappa shape index (κ1) is 22.7. The second kappa shape index (κ2) is 9.58. The van der Waals surface area contributed by atoms with Gasteiger partial charge in [0.2, 0.25) is 0 Å². The molecule has 33 heavy (non-hydrogen) atoms. The van der Waals surface area contributed by atoms with E-state index in [2.05, 4.69) is 10.3 Å². The molecule has 7 nitrogen and oxygen atoms in total. The summed E-state index contributed by atoms with van der Waals surface area (Å²) < 4.78 is 33.1. The molecule has 0 saturated carbocycles. The average molecular weight is 458 g/mol. The van der Waals surface area contributed by atoms with Crippen LogP contribution in [-0.4, -0.2) is 55.7 Å². The number of hydrogen-bond donors (Lipinski definition) is 3. The van der Waals surface area contributed by atoms with Crippen molar-refractivity contribution < 1.29 is 28.0 Å². The molecule has 0 unspecified atom stereocenters. The van der Waals surface area contributed by atoms with Gasteiger partial charge in [-0.3, -0.25) is 4.79 Å². The third-order valence-electron chi connectivity index (χ3n) is 6.09. The van der Waals surface area contributed by atoms with Gasteiger partial charge in [-0.15, -0.1) is 0 Å². The van der Waals surface area contributed by atoms with E-state index in [1.54, 1.807) is 25.1 Å². The number of halogens is 2. The Hall–Kier alpha value is -3.46. The van der Waals surface area contributed by atoms with E-state index in [0.717, 1.165) is 4.90 Å². The maximum atomic E-state index is 14.1. The predicted molar refractivity (Wildman–Crippen MR) is 122 cm³/mol. The van der Waals surface area contributed by atoms with Crippen molar-refractivity contribution in [2.24, 2.45) is 0 Å². The topological polar surface area (TPSA) is 78.9 Å². The first-order chi connectivity index (χ1) is 15.9. The molecule has 1 atom stereocenters. The molecule has 1 aliphatic heterocycles. The van der Waals surface area contributed by atoms with Gasteiger partial charge in [-0.25, -0.2) is 13.6 Å². The fourth-order valence-electron chi connectivity index (χ4n) is 4.24. The van der Waals surface area contributed by atoms with Crippen LogP contribution >= 0.6 is 0 Å². The zero-order valence-corrected chi connectivity index (χ0v) is 18.6. The van der Waals surface area contributed by atoms with Crippen molar-refractivity contribution in [3.8, 4) is 0 Å². The first-order valence-corrected chi connectivity index (χ1v) is 11.0. The third kappa shape index (κ3) is 4.68. The number of esters is 1. The quantitative estimate of drug-likeness (QED) is 0.497. The molecule has 174 valence electrons. The number of H-pyrrole nitrogens is 1. The number of piperazine rings is 1. The minimum absolute atomic E-state index is 0.0809. The van der Waals surface area contributed by atoms with E-state index >= 15 is 0 Å². The Kier molecular flexibility index (Phi) is 6.60. The van der Waals surface area contributed by atoms with Crippen LogP contribution in [0.4, 0.5) is 20.2 Å². The van der Waals surface area contributed by atoms with E-state index in [1.165, 1.54) is 24.3 Å². The molecule has 1 fully saturated rings. The van der Waals surface area contributed by atoms with Crippen LogP contribution in [0.15, 0.2) is 42.5 Å². The zero-order chi connectivity index (χ0) is 23.5. The number of rotatable bonds is 6. The molecule has 1 saturated heterocycles. The van der Waals surface area contributed by atoms with Crippen LogP contribution in [0.3, 0.4) is 0 Å². The highest BCUT2D eigenvalue weighted by molar-refractivity contribution is 6.11. The van der Waals surface area contributed by atoms with Crippen LogP contribution in [0.1, 0.15) is 24.3 Å². The van der Waals surface area contributed by atoms with Crippen molar-refractivity contribution in [2.45, 2.75) is 19.9 Å². The fraction of sp³-hybridized carbons (Fsp3) is 0.333. The van der Waals surface area contributed by atoms with Crippen molar-refractivity contribution in [3.63, 3.8) is 0 Å². The summed E-state index contributed by atoms with van der Waals surface area (Å²) in [5.74, 6) is -1.65. The number of hydrogen-bond acceptors (Lipinski definition) is 4. The van der Waals surface area contributed by atoms with Gasteiger partial charge in [-0.1, -0.05) is 12.1 Å². The highest BCUT2D eigenvalue weighted by atomic mass is 19.1. The van der Waals surface area contributed by atoms with E-state index in [4.69, 9.17) is 4.74 Å². The maximum Gasteiger partial charge on any atom is 0.356 e. The first-order valence-electron chi connectivity index (χ1n) is 11.0. The molecule has 9 heteroatoms. The largest absolute Gasteiger partial charge is 0.461 e. The number of benzene rings is 2. The fourth-order valence-corrected chi connectivity index (χ4v) is 4.24. The highest BCUT2D eigenvalue weighted by Gasteiger charge is 2.31. The lowest BCUT2D eigenvalue weighted by molar-refractivity contribution is -0.914. The van der Waals surface area contributed by atoms with Crippen molar-refractivity contribution in [1.82, 2.24) is 4.98 Å². The van der Waals surface area contributed by atoms with Crippen molar-refractivity contribution in [1.29, 1.82) is 0 Å². The minimum Gasteiger partial charge on any atom is -0.461 e. The van der Waals surface area contributed by atoms with E-state index in [1.807, 2.05) is 11.8 Å². The second-order valence-corrected chi connectivity index (χ2v) is 8.09. The second-order valence-electron chi connectivity index (χ2n) is 8.09. The number of carbonyl (C=O) groups excluding carboxylic acids is 2. The zero-order valence-electron chi connectivity index (χ0n) is 18.6. The summed E-state index contributed by atoms with van der Waals surface area (Å²) in [6, 6.07) is 10.3. The summed E-state index contributed by atoms with van der Waals surface area (Å²) in [5.41, 5.74) is 1.38. The number of ether oxygens (including phenoxy) is 1. The number of nitrogens with one attached hydrogen (secondary N) is 3. The third-order valence-corrected chi connectivity index (χ3v) is 6.09. The molecular weight excluding hydrogens is 430 g/mol. The van der Waals surface area contributed by atoms with Gasteiger partial charge in [-0.05, 0) is 44.2 Å². The number of fused-ring (bicyclic) bond motifs is 1. The molecule has 3 aromatic rings. The lowest BCUT2D eigenvalue weighted by Gasteiger charge is -2.36. The Morgan fingerprint density at radius 2 is 1.91 bits per heavy atom. The molecule has 0 aliphatic carbocycles. The van der Waals surface area contributed by atoms with Gasteiger partial charge in [0.25, 0.3) is 5.91 Å². The number of amides is 1. The number of nitrogens with zero attached hydrogens (tertiary/aromatic N) is 1. The lowest BCUT2D eigenvalue weighted by Crippen LogP contribution is -3.19. The Morgan fingerprint density at radius 1 is 1.18 bits per heavy atom. The Balaban J connectivity index is 1.49. The minimum atomic E-state index is -0.622.